The Bertz CT molecular complexity index is 832. The number of rotatable bonds is 4. The number of pyridine rings is 1. The van der Waals surface area contributed by atoms with Crippen molar-refractivity contribution in [2.24, 2.45) is 11.3 Å². The third-order valence-electron chi connectivity index (χ3n) is 4.29. The summed E-state index contributed by atoms with van der Waals surface area (Å²) in [7, 11) is 0. The second-order valence-corrected chi connectivity index (χ2v) is 7.53. The van der Waals surface area contributed by atoms with Gasteiger partial charge in [0.15, 0.2) is 0 Å². The lowest BCUT2D eigenvalue weighted by molar-refractivity contribution is -0.118. The first-order valence-electron chi connectivity index (χ1n) is 7.80. The van der Waals surface area contributed by atoms with Gasteiger partial charge in [-0.25, -0.2) is 4.98 Å². The summed E-state index contributed by atoms with van der Waals surface area (Å²) in [5, 5.41) is 6.03. The zero-order valence-electron chi connectivity index (χ0n) is 13.8. The lowest BCUT2D eigenvalue weighted by Crippen LogP contribution is -2.18. The van der Waals surface area contributed by atoms with Crippen LogP contribution in [0.25, 0.3) is 0 Å². The molecular weight excluding hydrogens is 361 g/mol. The lowest BCUT2D eigenvalue weighted by atomic mass is 10.1. The molecule has 130 valence electrons. The van der Waals surface area contributed by atoms with Crippen LogP contribution < -0.4 is 10.6 Å². The van der Waals surface area contributed by atoms with Crippen LogP contribution in [0.2, 0.25) is 10.0 Å². The number of nitrogens with zero attached hydrogens (tertiary/aromatic N) is 1. The molecule has 0 radical (unpaired) electrons. The molecule has 3 rings (SSSR count). The first kappa shape index (κ1) is 17.7. The molecule has 2 amide bonds. The molecule has 1 heterocycles. The summed E-state index contributed by atoms with van der Waals surface area (Å²) >= 11 is 12.1. The summed E-state index contributed by atoms with van der Waals surface area (Å²) in [6, 6.07) is 8.08. The highest BCUT2D eigenvalue weighted by Crippen LogP contribution is 2.51. The van der Waals surface area contributed by atoms with Gasteiger partial charge < -0.3 is 10.6 Å². The van der Waals surface area contributed by atoms with Crippen LogP contribution in [0.3, 0.4) is 0 Å². The number of benzene rings is 1. The summed E-state index contributed by atoms with van der Waals surface area (Å²) in [4.78, 5) is 28.7. The predicted molar refractivity (Wildman–Crippen MR) is 99.2 cm³/mol. The maximum absolute atomic E-state index is 12.4. The molecule has 1 unspecified atom stereocenters. The van der Waals surface area contributed by atoms with Crippen molar-refractivity contribution in [3.05, 3.63) is 52.1 Å². The molecule has 1 saturated carbocycles. The SMILES string of the molecule is CC1(C)CC1C(=O)Nc1cc(NC(=O)c2c(Cl)cccc2Cl)ccn1. The van der Waals surface area contributed by atoms with Crippen molar-refractivity contribution >= 4 is 46.5 Å². The Morgan fingerprint density at radius 2 is 1.80 bits per heavy atom. The molecule has 7 heteroatoms. The van der Waals surface area contributed by atoms with Crippen molar-refractivity contribution in [3.63, 3.8) is 0 Å². The minimum atomic E-state index is -0.428. The van der Waals surface area contributed by atoms with Gasteiger partial charge in [-0.15, -0.1) is 0 Å². The molecule has 1 atom stereocenters. The number of amides is 2. The Balaban J connectivity index is 1.72. The predicted octanol–water partition coefficient (Wildman–Crippen LogP) is 4.63. The molecule has 1 aromatic heterocycles. The highest BCUT2D eigenvalue weighted by Gasteiger charge is 2.50. The summed E-state index contributed by atoms with van der Waals surface area (Å²) < 4.78 is 0. The molecule has 1 fully saturated rings. The van der Waals surface area contributed by atoms with Crippen LogP contribution in [0, 0.1) is 11.3 Å². The summed E-state index contributed by atoms with van der Waals surface area (Å²) in [5.41, 5.74) is 0.728. The Kier molecular flexibility index (Phi) is 4.71. The molecule has 0 spiro atoms. The van der Waals surface area contributed by atoms with Gasteiger partial charge >= 0.3 is 0 Å². The van der Waals surface area contributed by atoms with E-state index in [4.69, 9.17) is 23.2 Å². The number of anilines is 2. The molecule has 2 aromatic rings. The Labute approximate surface area is 155 Å². The smallest absolute Gasteiger partial charge is 0.258 e. The fourth-order valence-corrected chi connectivity index (χ4v) is 3.18. The van der Waals surface area contributed by atoms with Gasteiger partial charge in [-0.2, -0.15) is 0 Å². The monoisotopic (exact) mass is 377 g/mol. The van der Waals surface area contributed by atoms with Crippen molar-refractivity contribution in [3.8, 4) is 0 Å². The van der Waals surface area contributed by atoms with E-state index < -0.39 is 5.91 Å². The maximum Gasteiger partial charge on any atom is 0.258 e. The molecule has 0 bridgehead atoms. The second-order valence-electron chi connectivity index (χ2n) is 6.72. The number of hydrogen-bond donors (Lipinski definition) is 2. The van der Waals surface area contributed by atoms with Gasteiger partial charge in [-0.1, -0.05) is 43.1 Å². The largest absolute Gasteiger partial charge is 0.322 e. The topological polar surface area (TPSA) is 71.1 Å². The van der Waals surface area contributed by atoms with E-state index in [-0.39, 0.29) is 32.8 Å². The summed E-state index contributed by atoms with van der Waals surface area (Å²) in [6.45, 7) is 4.10. The van der Waals surface area contributed by atoms with E-state index in [1.165, 1.54) is 6.20 Å². The highest BCUT2D eigenvalue weighted by atomic mass is 35.5. The number of hydrogen-bond acceptors (Lipinski definition) is 3. The Hall–Kier alpha value is -2.11. The van der Waals surface area contributed by atoms with E-state index >= 15 is 0 Å². The van der Waals surface area contributed by atoms with Gasteiger partial charge in [0.05, 0.1) is 15.6 Å². The van der Waals surface area contributed by atoms with E-state index in [9.17, 15) is 9.59 Å². The van der Waals surface area contributed by atoms with Crippen molar-refractivity contribution in [2.75, 3.05) is 10.6 Å². The van der Waals surface area contributed by atoms with Crippen molar-refractivity contribution in [2.45, 2.75) is 20.3 Å². The van der Waals surface area contributed by atoms with Crippen LogP contribution in [0.5, 0.6) is 0 Å². The number of nitrogens with one attached hydrogen (secondary N) is 2. The van der Waals surface area contributed by atoms with Gasteiger partial charge in [0.2, 0.25) is 5.91 Å². The summed E-state index contributed by atoms with van der Waals surface area (Å²) in [5.74, 6) is -0.109. The Morgan fingerprint density at radius 1 is 1.16 bits per heavy atom. The number of halogens is 2. The average Bonchev–Trinajstić information content (AvgIpc) is 3.16. The maximum atomic E-state index is 12.4. The fraction of sp³-hybridized carbons (Fsp3) is 0.278. The molecule has 1 aliphatic carbocycles. The van der Waals surface area contributed by atoms with E-state index in [1.807, 2.05) is 0 Å². The van der Waals surface area contributed by atoms with Crippen molar-refractivity contribution in [1.29, 1.82) is 0 Å². The number of carbonyl (C=O) groups excluding carboxylic acids is 2. The molecule has 1 aromatic carbocycles. The Morgan fingerprint density at radius 3 is 2.40 bits per heavy atom. The van der Waals surface area contributed by atoms with E-state index in [1.54, 1.807) is 30.3 Å². The molecule has 0 saturated heterocycles. The van der Waals surface area contributed by atoms with E-state index in [0.29, 0.717) is 11.5 Å². The average molecular weight is 378 g/mol. The van der Waals surface area contributed by atoms with Gasteiger partial charge in [0, 0.05) is 23.9 Å². The zero-order valence-corrected chi connectivity index (χ0v) is 15.3. The molecule has 25 heavy (non-hydrogen) atoms. The molecule has 0 aliphatic heterocycles. The molecular formula is C18H17Cl2N3O2. The first-order valence-corrected chi connectivity index (χ1v) is 8.56. The molecule has 5 nitrogen and oxygen atoms in total. The normalized spacial score (nSPS) is 17.7. The van der Waals surface area contributed by atoms with Gasteiger partial charge in [0.1, 0.15) is 5.82 Å². The van der Waals surface area contributed by atoms with Gasteiger partial charge in [-0.05, 0) is 30.0 Å². The number of carbonyl (C=O) groups is 2. The van der Waals surface area contributed by atoms with Crippen LogP contribution >= 0.6 is 23.2 Å². The van der Waals surface area contributed by atoms with Crippen LogP contribution in [0.4, 0.5) is 11.5 Å². The summed E-state index contributed by atoms with van der Waals surface area (Å²) in [6.07, 6.45) is 2.37. The molecule has 1 aliphatic rings. The van der Waals surface area contributed by atoms with Crippen LogP contribution in [-0.4, -0.2) is 16.8 Å². The quantitative estimate of drug-likeness (QED) is 0.815. The van der Waals surface area contributed by atoms with E-state index in [0.717, 1.165) is 6.42 Å². The third-order valence-corrected chi connectivity index (χ3v) is 4.92. The van der Waals surface area contributed by atoms with Crippen LogP contribution in [0.15, 0.2) is 36.5 Å². The van der Waals surface area contributed by atoms with Crippen LogP contribution in [0.1, 0.15) is 30.6 Å². The standard InChI is InChI=1S/C18H17Cl2N3O2/c1-18(2)9-11(18)16(24)23-14-8-10(6-7-21-14)22-17(25)15-12(19)4-3-5-13(15)20/h3-8,11H,9H2,1-2H3,(H2,21,22,23,24,25). The van der Waals surface area contributed by atoms with Gasteiger partial charge in [0.25, 0.3) is 5.91 Å². The third kappa shape index (κ3) is 3.94. The lowest BCUT2D eigenvalue weighted by Gasteiger charge is -2.10. The van der Waals surface area contributed by atoms with Crippen molar-refractivity contribution < 1.29 is 9.59 Å². The molecule has 2 N–H and O–H groups in total. The van der Waals surface area contributed by atoms with Crippen LogP contribution in [-0.2, 0) is 4.79 Å². The second kappa shape index (κ2) is 6.65. The van der Waals surface area contributed by atoms with E-state index in [2.05, 4.69) is 29.5 Å². The number of aromatic nitrogens is 1. The highest BCUT2D eigenvalue weighted by molar-refractivity contribution is 6.40. The zero-order chi connectivity index (χ0) is 18.2. The van der Waals surface area contributed by atoms with Gasteiger partial charge in [-0.3, -0.25) is 9.59 Å². The first-order chi connectivity index (χ1) is 11.8. The minimum absolute atomic E-state index is 0.00511. The minimum Gasteiger partial charge on any atom is -0.322 e. The fourth-order valence-electron chi connectivity index (χ4n) is 2.61. The van der Waals surface area contributed by atoms with Crippen molar-refractivity contribution in [1.82, 2.24) is 4.98 Å².